The highest BCUT2D eigenvalue weighted by atomic mass is 79.9. The third kappa shape index (κ3) is 5.70. The maximum atomic E-state index is 13.2. The van der Waals surface area contributed by atoms with Gasteiger partial charge in [0, 0.05) is 4.47 Å². The summed E-state index contributed by atoms with van der Waals surface area (Å²) < 4.78 is 6.41. The van der Waals surface area contributed by atoms with Crippen LogP contribution < -0.4 is 0 Å². The third-order valence-electron chi connectivity index (χ3n) is 5.30. The first-order valence-electron chi connectivity index (χ1n) is 10.9. The zero-order valence-electron chi connectivity index (χ0n) is 18.5. The fourth-order valence-corrected chi connectivity index (χ4v) is 4.92. The summed E-state index contributed by atoms with van der Waals surface area (Å²) in [4.78, 5) is 15.4. The lowest BCUT2D eigenvalue weighted by Crippen LogP contribution is -2.28. The summed E-state index contributed by atoms with van der Waals surface area (Å²) in [5.74, 6) is 0.545. The van der Waals surface area contributed by atoms with Gasteiger partial charge in [-0.15, -0.1) is 5.10 Å². The molecule has 0 N–H and O–H groups in total. The molecule has 0 unspecified atom stereocenters. The van der Waals surface area contributed by atoms with Gasteiger partial charge < -0.3 is 4.42 Å². The largest absolute Gasteiger partial charge is 0.467 e. The van der Waals surface area contributed by atoms with Crippen LogP contribution in [0.15, 0.2) is 121 Å². The number of carbonyl (C=O) groups is 1. The first-order chi connectivity index (χ1) is 17.2. The fraction of sp³-hybridized carbons (Fsp3) is 0.0357. The number of hydrogen-bond acceptors (Lipinski definition) is 5. The Kier molecular flexibility index (Phi) is 7.07. The van der Waals surface area contributed by atoms with Crippen molar-refractivity contribution in [3.05, 3.63) is 124 Å². The number of nitrogens with zero attached hydrogens (tertiary/aromatic N) is 3. The Hall–Kier alpha value is -3.68. The van der Waals surface area contributed by atoms with Gasteiger partial charge in [0.2, 0.25) is 0 Å². The van der Waals surface area contributed by atoms with Crippen LogP contribution in [0, 0.1) is 0 Å². The van der Waals surface area contributed by atoms with Gasteiger partial charge in [0.15, 0.2) is 5.17 Å². The Balaban J connectivity index is 1.38. The highest BCUT2D eigenvalue weighted by molar-refractivity contribution is 9.10. The minimum Gasteiger partial charge on any atom is -0.467 e. The maximum Gasteiger partial charge on any atom is 0.267 e. The molecule has 35 heavy (non-hydrogen) atoms. The number of halogens is 1. The van der Waals surface area contributed by atoms with Crippen molar-refractivity contribution < 1.29 is 9.21 Å². The van der Waals surface area contributed by atoms with Crippen LogP contribution in [0.2, 0.25) is 0 Å². The second-order valence-corrected chi connectivity index (χ2v) is 9.68. The van der Waals surface area contributed by atoms with Crippen molar-refractivity contribution in [3.8, 4) is 11.1 Å². The molecule has 1 fully saturated rings. The second-order valence-electron chi connectivity index (χ2n) is 7.75. The second kappa shape index (κ2) is 10.7. The van der Waals surface area contributed by atoms with Gasteiger partial charge >= 0.3 is 0 Å². The Labute approximate surface area is 216 Å². The molecule has 1 aromatic heterocycles. The van der Waals surface area contributed by atoms with Crippen molar-refractivity contribution in [2.75, 3.05) is 0 Å². The van der Waals surface area contributed by atoms with E-state index in [1.54, 1.807) is 23.4 Å². The molecule has 172 valence electrons. The van der Waals surface area contributed by atoms with E-state index in [1.165, 1.54) is 11.8 Å². The molecule has 1 amide bonds. The van der Waals surface area contributed by atoms with E-state index in [4.69, 9.17) is 4.42 Å². The molecule has 0 bridgehead atoms. The number of rotatable bonds is 6. The van der Waals surface area contributed by atoms with E-state index in [1.807, 2.05) is 66.7 Å². The average Bonchev–Trinajstić information content (AvgIpc) is 3.49. The van der Waals surface area contributed by atoms with E-state index >= 15 is 0 Å². The van der Waals surface area contributed by atoms with Gasteiger partial charge in [0.25, 0.3) is 5.91 Å². The standard InChI is InChI=1S/C28H20BrN3O2S/c29-24-9-4-6-21(16-24)17-26-27(33)32(19-25-10-5-15-34-25)28(35-26)31-30-18-20-11-13-23(14-12-20)22-7-2-1-3-8-22/h1-18H,19H2/b26-17-,30-18-,31-28+. The van der Waals surface area contributed by atoms with Gasteiger partial charge in [-0.05, 0) is 64.4 Å². The Morgan fingerprint density at radius 1 is 0.886 bits per heavy atom. The number of hydrogen-bond donors (Lipinski definition) is 0. The minimum absolute atomic E-state index is 0.132. The van der Waals surface area contributed by atoms with Gasteiger partial charge in [0.05, 0.1) is 23.9 Å². The summed E-state index contributed by atoms with van der Waals surface area (Å²) in [6.45, 7) is 0.286. The molecule has 0 saturated carbocycles. The third-order valence-corrected chi connectivity index (χ3v) is 6.79. The van der Waals surface area contributed by atoms with Crippen LogP contribution in [0.5, 0.6) is 0 Å². The smallest absolute Gasteiger partial charge is 0.267 e. The Morgan fingerprint density at radius 2 is 1.69 bits per heavy atom. The zero-order chi connectivity index (χ0) is 24.0. The van der Waals surface area contributed by atoms with Crippen LogP contribution in [0.25, 0.3) is 17.2 Å². The number of amidine groups is 1. The molecule has 1 aliphatic rings. The summed E-state index contributed by atoms with van der Waals surface area (Å²) in [5.41, 5.74) is 4.15. The van der Waals surface area contributed by atoms with Crippen LogP contribution in [0.4, 0.5) is 0 Å². The van der Waals surface area contributed by atoms with Crippen LogP contribution in [-0.2, 0) is 11.3 Å². The van der Waals surface area contributed by atoms with Gasteiger partial charge in [-0.3, -0.25) is 9.69 Å². The summed E-state index contributed by atoms with van der Waals surface area (Å²) in [6, 6.07) is 29.8. The molecular formula is C28H20BrN3O2S. The highest BCUT2D eigenvalue weighted by Crippen LogP contribution is 2.34. The number of amides is 1. The fourth-order valence-electron chi connectivity index (χ4n) is 3.57. The first-order valence-corrected chi connectivity index (χ1v) is 12.5. The van der Waals surface area contributed by atoms with Crippen molar-refractivity contribution in [1.82, 2.24) is 4.90 Å². The van der Waals surface area contributed by atoms with Crippen molar-refractivity contribution in [3.63, 3.8) is 0 Å². The molecular weight excluding hydrogens is 522 g/mol. The lowest BCUT2D eigenvalue weighted by Gasteiger charge is -2.12. The molecule has 4 aromatic rings. The molecule has 1 aliphatic heterocycles. The quantitative estimate of drug-likeness (QED) is 0.147. The average molecular weight is 542 g/mol. The van der Waals surface area contributed by atoms with Crippen LogP contribution in [0.3, 0.4) is 0 Å². The van der Waals surface area contributed by atoms with Gasteiger partial charge in [-0.2, -0.15) is 5.10 Å². The molecule has 0 aliphatic carbocycles. The molecule has 7 heteroatoms. The van der Waals surface area contributed by atoms with Crippen molar-refractivity contribution >= 4 is 51.1 Å². The molecule has 3 aromatic carbocycles. The van der Waals surface area contributed by atoms with Crippen molar-refractivity contribution in [2.24, 2.45) is 10.2 Å². The summed E-state index contributed by atoms with van der Waals surface area (Å²) >= 11 is 4.78. The summed E-state index contributed by atoms with van der Waals surface area (Å²) in [6.07, 6.45) is 5.14. The first kappa shape index (κ1) is 23.1. The number of benzene rings is 3. The van der Waals surface area contributed by atoms with Gasteiger partial charge in [-0.25, -0.2) is 0 Å². The zero-order valence-corrected chi connectivity index (χ0v) is 20.9. The monoisotopic (exact) mass is 541 g/mol. The maximum absolute atomic E-state index is 13.2. The highest BCUT2D eigenvalue weighted by Gasteiger charge is 2.34. The van der Waals surface area contributed by atoms with E-state index in [0.717, 1.165) is 26.7 Å². The van der Waals surface area contributed by atoms with E-state index < -0.39 is 0 Å². The van der Waals surface area contributed by atoms with E-state index in [2.05, 4.69) is 50.4 Å². The van der Waals surface area contributed by atoms with E-state index in [0.29, 0.717) is 15.8 Å². The molecule has 5 nitrogen and oxygen atoms in total. The predicted octanol–water partition coefficient (Wildman–Crippen LogP) is 7.22. The van der Waals surface area contributed by atoms with E-state index in [9.17, 15) is 4.79 Å². The number of carbonyl (C=O) groups excluding carboxylic acids is 1. The summed E-state index contributed by atoms with van der Waals surface area (Å²) in [7, 11) is 0. The molecule has 1 saturated heterocycles. The molecule has 0 spiro atoms. The molecule has 2 heterocycles. The minimum atomic E-state index is -0.132. The number of furan rings is 1. The Bertz CT molecular complexity index is 1410. The summed E-state index contributed by atoms with van der Waals surface area (Å²) in [5, 5.41) is 9.17. The van der Waals surface area contributed by atoms with Gasteiger partial charge in [-0.1, -0.05) is 82.7 Å². The normalized spacial score (nSPS) is 16.1. The lowest BCUT2D eigenvalue weighted by molar-refractivity contribution is -0.122. The SMILES string of the molecule is O=C1/C(=C/c2cccc(Br)c2)S/C(=N/N=C\c2ccc(-c3ccccc3)cc2)N1Cc1ccco1. The van der Waals surface area contributed by atoms with Crippen molar-refractivity contribution in [1.29, 1.82) is 0 Å². The molecule has 5 rings (SSSR count). The Morgan fingerprint density at radius 3 is 2.43 bits per heavy atom. The number of thioether (sulfide) groups is 1. The molecule has 0 atom stereocenters. The predicted molar refractivity (Wildman–Crippen MR) is 146 cm³/mol. The van der Waals surface area contributed by atoms with Crippen LogP contribution in [0.1, 0.15) is 16.9 Å². The molecule has 0 radical (unpaired) electrons. The topological polar surface area (TPSA) is 58.2 Å². The lowest BCUT2D eigenvalue weighted by atomic mass is 10.0. The van der Waals surface area contributed by atoms with Crippen LogP contribution in [-0.4, -0.2) is 22.2 Å². The van der Waals surface area contributed by atoms with E-state index in [-0.39, 0.29) is 12.5 Å². The van der Waals surface area contributed by atoms with Gasteiger partial charge in [0.1, 0.15) is 5.76 Å². The van der Waals surface area contributed by atoms with Crippen LogP contribution >= 0.6 is 27.7 Å². The van der Waals surface area contributed by atoms with Crippen molar-refractivity contribution in [2.45, 2.75) is 6.54 Å².